The van der Waals surface area contributed by atoms with Crippen LogP contribution in [0, 0.1) is 11.3 Å². The van der Waals surface area contributed by atoms with Gasteiger partial charge in [-0.1, -0.05) is 66.7 Å². The second-order valence-corrected chi connectivity index (χ2v) is 6.35. The van der Waals surface area contributed by atoms with Gasteiger partial charge in [0.2, 0.25) is 0 Å². The Kier molecular flexibility index (Phi) is 9.02. The van der Waals surface area contributed by atoms with Crippen LogP contribution in [0.25, 0.3) is 0 Å². The molecular weight excluding hydrogens is 194 g/mol. The van der Waals surface area contributed by atoms with Crippen LogP contribution in [0.5, 0.6) is 0 Å². The first-order chi connectivity index (χ1) is 7.48. The highest BCUT2D eigenvalue weighted by Gasteiger charge is 2.16. The SMILES string of the molecule is CCCCCCCC(C)(C)CNCC(C)C. The second-order valence-electron chi connectivity index (χ2n) is 6.35. The predicted octanol–water partition coefficient (Wildman–Crippen LogP) is 4.62. The fraction of sp³-hybridized carbons (Fsp3) is 1.00. The lowest BCUT2D eigenvalue weighted by atomic mass is 9.86. The lowest BCUT2D eigenvalue weighted by Crippen LogP contribution is -2.31. The largest absolute Gasteiger partial charge is 0.316 e. The van der Waals surface area contributed by atoms with Crippen molar-refractivity contribution < 1.29 is 0 Å². The highest BCUT2D eigenvalue weighted by atomic mass is 14.9. The Bertz CT molecular complexity index is 150. The Hall–Kier alpha value is -0.0400. The van der Waals surface area contributed by atoms with Gasteiger partial charge in [-0.05, 0) is 24.3 Å². The maximum atomic E-state index is 3.58. The van der Waals surface area contributed by atoms with Crippen LogP contribution in [-0.4, -0.2) is 13.1 Å². The number of nitrogens with one attached hydrogen (secondary N) is 1. The number of rotatable bonds is 10. The number of hydrogen-bond acceptors (Lipinski definition) is 1. The lowest BCUT2D eigenvalue weighted by molar-refractivity contribution is 0.296. The Morgan fingerprint density at radius 2 is 1.62 bits per heavy atom. The molecule has 1 heteroatoms. The molecule has 0 radical (unpaired) electrons. The summed E-state index contributed by atoms with van der Waals surface area (Å²) in [5.74, 6) is 0.764. The van der Waals surface area contributed by atoms with Gasteiger partial charge in [-0.15, -0.1) is 0 Å². The molecule has 0 unspecified atom stereocenters. The van der Waals surface area contributed by atoms with Gasteiger partial charge >= 0.3 is 0 Å². The maximum absolute atomic E-state index is 3.58. The standard InChI is InChI=1S/C15H33N/c1-6-7-8-9-10-11-15(4,5)13-16-12-14(2)3/h14,16H,6-13H2,1-5H3. The summed E-state index contributed by atoms with van der Waals surface area (Å²) in [5.41, 5.74) is 0.473. The summed E-state index contributed by atoms with van der Waals surface area (Å²) >= 11 is 0. The minimum Gasteiger partial charge on any atom is -0.316 e. The molecule has 0 amide bonds. The van der Waals surface area contributed by atoms with E-state index in [1.54, 1.807) is 0 Å². The van der Waals surface area contributed by atoms with Crippen LogP contribution in [0.3, 0.4) is 0 Å². The van der Waals surface area contributed by atoms with Gasteiger partial charge in [0.05, 0.1) is 0 Å². The molecule has 0 spiro atoms. The van der Waals surface area contributed by atoms with Crippen molar-refractivity contribution in [1.82, 2.24) is 5.32 Å². The van der Waals surface area contributed by atoms with Gasteiger partial charge in [-0.25, -0.2) is 0 Å². The molecule has 0 fully saturated rings. The zero-order valence-corrected chi connectivity index (χ0v) is 12.2. The number of hydrogen-bond donors (Lipinski definition) is 1. The fourth-order valence-electron chi connectivity index (χ4n) is 1.99. The predicted molar refractivity (Wildman–Crippen MR) is 74.9 cm³/mol. The Balaban J connectivity index is 3.46. The van der Waals surface area contributed by atoms with E-state index in [9.17, 15) is 0 Å². The smallest absolute Gasteiger partial charge is 0.000263 e. The topological polar surface area (TPSA) is 12.0 Å². The van der Waals surface area contributed by atoms with Crippen molar-refractivity contribution in [3.63, 3.8) is 0 Å². The van der Waals surface area contributed by atoms with E-state index in [0.29, 0.717) is 5.41 Å². The quantitative estimate of drug-likeness (QED) is 0.537. The molecule has 98 valence electrons. The van der Waals surface area contributed by atoms with Crippen molar-refractivity contribution in [3.8, 4) is 0 Å². The zero-order chi connectivity index (χ0) is 12.4. The van der Waals surface area contributed by atoms with Crippen LogP contribution in [0.15, 0.2) is 0 Å². The molecule has 0 aromatic carbocycles. The zero-order valence-electron chi connectivity index (χ0n) is 12.2. The summed E-state index contributed by atoms with van der Waals surface area (Å²) in [6.07, 6.45) is 8.36. The van der Waals surface area contributed by atoms with Gasteiger partial charge in [0.1, 0.15) is 0 Å². The first-order valence-corrected chi connectivity index (χ1v) is 7.18. The van der Waals surface area contributed by atoms with E-state index in [2.05, 4.69) is 39.9 Å². The Morgan fingerprint density at radius 3 is 2.19 bits per heavy atom. The van der Waals surface area contributed by atoms with Gasteiger partial charge in [-0.3, -0.25) is 0 Å². The van der Waals surface area contributed by atoms with Crippen molar-refractivity contribution >= 4 is 0 Å². The highest BCUT2D eigenvalue weighted by molar-refractivity contribution is 4.71. The minimum atomic E-state index is 0.473. The molecule has 0 rings (SSSR count). The van der Waals surface area contributed by atoms with Gasteiger partial charge < -0.3 is 5.32 Å². The Labute approximate surface area is 103 Å². The summed E-state index contributed by atoms with van der Waals surface area (Å²) in [7, 11) is 0. The molecular formula is C15H33N. The van der Waals surface area contributed by atoms with E-state index in [-0.39, 0.29) is 0 Å². The van der Waals surface area contributed by atoms with Gasteiger partial charge in [0.15, 0.2) is 0 Å². The molecule has 0 aliphatic heterocycles. The first-order valence-electron chi connectivity index (χ1n) is 7.18. The van der Waals surface area contributed by atoms with Crippen LogP contribution in [0.1, 0.15) is 73.1 Å². The van der Waals surface area contributed by atoms with Crippen molar-refractivity contribution in [2.24, 2.45) is 11.3 Å². The molecule has 0 atom stereocenters. The summed E-state index contributed by atoms with van der Waals surface area (Å²) in [6, 6.07) is 0. The van der Waals surface area contributed by atoms with Crippen LogP contribution < -0.4 is 5.32 Å². The van der Waals surface area contributed by atoms with Gasteiger partial charge in [0.25, 0.3) is 0 Å². The molecule has 16 heavy (non-hydrogen) atoms. The monoisotopic (exact) mass is 227 g/mol. The van der Waals surface area contributed by atoms with Crippen LogP contribution in [-0.2, 0) is 0 Å². The van der Waals surface area contributed by atoms with E-state index < -0.39 is 0 Å². The van der Waals surface area contributed by atoms with Gasteiger partial charge in [0, 0.05) is 6.54 Å². The third-order valence-corrected chi connectivity index (χ3v) is 3.11. The second kappa shape index (κ2) is 9.04. The normalized spacial score (nSPS) is 12.4. The van der Waals surface area contributed by atoms with Crippen LogP contribution >= 0.6 is 0 Å². The molecule has 0 aliphatic rings. The minimum absolute atomic E-state index is 0.473. The molecule has 0 heterocycles. The van der Waals surface area contributed by atoms with E-state index in [1.165, 1.54) is 45.1 Å². The highest BCUT2D eigenvalue weighted by Crippen LogP contribution is 2.23. The van der Waals surface area contributed by atoms with Gasteiger partial charge in [-0.2, -0.15) is 0 Å². The van der Waals surface area contributed by atoms with Crippen molar-refractivity contribution in [1.29, 1.82) is 0 Å². The Morgan fingerprint density at radius 1 is 1.00 bits per heavy atom. The van der Waals surface area contributed by atoms with E-state index in [4.69, 9.17) is 0 Å². The molecule has 1 nitrogen and oxygen atoms in total. The summed E-state index contributed by atoms with van der Waals surface area (Å²) in [6.45, 7) is 13.9. The fourth-order valence-corrected chi connectivity index (χ4v) is 1.99. The molecule has 0 saturated heterocycles. The first kappa shape index (κ1) is 16.0. The average molecular weight is 227 g/mol. The molecule has 0 aromatic heterocycles. The third kappa shape index (κ3) is 10.5. The maximum Gasteiger partial charge on any atom is 0.000263 e. The molecule has 1 N–H and O–H groups in total. The molecule has 0 aliphatic carbocycles. The van der Waals surface area contributed by atoms with Crippen molar-refractivity contribution in [2.75, 3.05) is 13.1 Å². The molecule has 0 aromatic rings. The van der Waals surface area contributed by atoms with E-state index in [0.717, 1.165) is 12.5 Å². The summed E-state index contributed by atoms with van der Waals surface area (Å²) in [5, 5.41) is 3.58. The number of unbranched alkanes of at least 4 members (excludes halogenated alkanes) is 4. The van der Waals surface area contributed by atoms with E-state index >= 15 is 0 Å². The average Bonchev–Trinajstić information content (AvgIpc) is 2.16. The van der Waals surface area contributed by atoms with Crippen molar-refractivity contribution in [3.05, 3.63) is 0 Å². The lowest BCUT2D eigenvalue weighted by Gasteiger charge is -2.25. The molecule has 0 bridgehead atoms. The van der Waals surface area contributed by atoms with E-state index in [1.807, 2.05) is 0 Å². The third-order valence-electron chi connectivity index (χ3n) is 3.11. The van der Waals surface area contributed by atoms with Crippen molar-refractivity contribution in [2.45, 2.75) is 73.1 Å². The van der Waals surface area contributed by atoms with Crippen LogP contribution in [0.4, 0.5) is 0 Å². The van der Waals surface area contributed by atoms with Crippen LogP contribution in [0.2, 0.25) is 0 Å². The molecule has 0 saturated carbocycles. The summed E-state index contributed by atoms with van der Waals surface area (Å²) < 4.78 is 0. The summed E-state index contributed by atoms with van der Waals surface area (Å²) in [4.78, 5) is 0.